The first-order valence-electron chi connectivity index (χ1n) is 9.82. The fourth-order valence-electron chi connectivity index (χ4n) is 2.75. The molecule has 4 rings (SSSR count). The largest absolute Gasteiger partial charge is 0.490 e. The van der Waals surface area contributed by atoms with E-state index < -0.39 is 17.7 Å². The molecule has 0 saturated carbocycles. The van der Waals surface area contributed by atoms with Gasteiger partial charge in [-0.25, -0.2) is 24.7 Å². The van der Waals surface area contributed by atoms with Crippen LogP contribution < -0.4 is 5.73 Å². The molecule has 4 aromatic rings. The number of fused-ring (bicyclic) bond motifs is 1. The minimum absolute atomic E-state index is 0.375. The second-order valence-electron chi connectivity index (χ2n) is 7.33. The van der Waals surface area contributed by atoms with Gasteiger partial charge in [-0.05, 0) is 31.5 Å². The van der Waals surface area contributed by atoms with Gasteiger partial charge in [0.1, 0.15) is 16.3 Å². The molecule has 1 atom stereocenters. The van der Waals surface area contributed by atoms with E-state index in [2.05, 4.69) is 31.8 Å². The highest BCUT2D eigenvalue weighted by Crippen LogP contribution is 2.25. The Morgan fingerprint density at radius 3 is 2.51 bits per heavy atom. The van der Waals surface area contributed by atoms with Crippen LogP contribution in [0.25, 0.3) is 22.3 Å². The number of carbonyl (C=O) groups is 1. The lowest BCUT2D eigenvalue weighted by atomic mass is 10.1. The second kappa shape index (κ2) is 10.0. The van der Waals surface area contributed by atoms with Crippen LogP contribution in [-0.2, 0) is 10.4 Å². The molecule has 0 spiro atoms. The summed E-state index contributed by atoms with van der Waals surface area (Å²) >= 11 is 1.37. The molecule has 0 bridgehead atoms. The molecule has 0 unspecified atom stereocenters. The SMILES string of the molecule is Cc1cnc(N)c2nc(-c3cccc(C#C[C@@](C)(O)c4nccs4)c3)ncc12.O=C(O)C(F)(F)F. The van der Waals surface area contributed by atoms with Crippen LogP contribution in [0, 0.1) is 18.8 Å². The lowest BCUT2D eigenvalue weighted by Gasteiger charge is -2.12. The Morgan fingerprint density at radius 1 is 1.17 bits per heavy atom. The smallest absolute Gasteiger partial charge is 0.475 e. The van der Waals surface area contributed by atoms with Gasteiger partial charge in [-0.1, -0.05) is 24.0 Å². The number of nitrogens with two attached hydrogens (primary N) is 1. The highest BCUT2D eigenvalue weighted by molar-refractivity contribution is 7.09. The zero-order valence-corrected chi connectivity index (χ0v) is 19.1. The van der Waals surface area contributed by atoms with Crippen molar-refractivity contribution in [2.75, 3.05) is 5.73 Å². The Hall–Kier alpha value is -4.08. The van der Waals surface area contributed by atoms with Gasteiger partial charge in [-0.2, -0.15) is 13.2 Å². The third-order valence-corrected chi connectivity index (χ3v) is 5.50. The van der Waals surface area contributed by atoms with E-state index in [0.717, 1.165) is 22.1 Å². The Morgan fingerprint density at radius 2 is 1.89 bits per heavy atom. The number of aryl methyl sites for hydroxylation is 1. The molecule has 0 aliphatic rings. The summed E-state index contributed by atoms with van der Waals surface area (Å²) in [6.45, 7) is 3.58. The maximum atomic E-state index is 10.6. The summed E-state index contributed by atoms with van der Waals surface area (Å²) in [6.07, 6.45) is 0.0397. The summed E-state index contributed by atoms with van der Waals surface area (Å²) < 4.78 is 31.7. The van der Waals surface area contributed by atoms with E-state index in [1.165, 1.54) is 11.3 Å². The molecule has 0 fully saturated rings. The van der Waals surface area contributed by atoms with E-state index in [4.69, 9.17) is 15.6 Å². The quantitative estimate of drug-likeness (QED) is 0.352. The van der Waals surface area contributed by atoms with Crippen molar-refractivity contribution >= 4 is 34.0 Å². The van der Waals surface area contributed by atoms with Crippen molar-refractivity contribution in [3.8, 4) is 23.2 Å². The first-order chi connectivity index (χ1) is 16.4. The van der Waals surface area contributed by atoms with Crippen molar-refractivity contribution in [3.63, 3.8) is 0 Å². The zero-order valence-electron chi connectivity index (χ0n) is 18.3. The van der Waals surface area contributed by atoms with Gasteiger partial charge < -0.3 is 15.9 Å². The number of carboxylic acid groups (broad SMARTS) is 1. The van der Waals surface area contributed by atoms with Gasteiger partial charge >= 0.3 is 12.1 Å². The normalized spacial score (nSPS) is 12.6. The number of benzene rings is 1. The van der Waals surface area contributed by atoms with Gasteiger partial charge in [0.2, 0.25) is 0 Å². The molecule has 0 aliphatic heterocycles. The van der Waals surface area contributed by atoms with Crippen molar-refractivity contribution < 1.29 is 28.2 Å². The van der Waals surface area contributed by atoms with Crippen molar-refractivity contribution in [2.24, 2.45) is 0 Å². The Bertz CT molecular complexity index is 1430. The molecule has 180 valence electrons. The fourth-order valence-corrected chi connectivity index (χ4v) is 3.40. The summed E-state index contributed by atoms with van der Waals surface area (Å²) in [6, 6.07) is 7.54. The number of pyridine rings is 1. The van der Waals surface area contributed by atoms with Gasteiger partial charge in [0, 0.05) is 40.5 Å². The minimum Gasteiger partial charge on any atom is -0.475 e. The number of nitrogens with zero attached hydrogens (tertiary/aromatic N) is 4. The number of hydrogen-bond donors (Lipinski definition) is 3. The fraction of sp³-hybridized carbons (Fsp3) is 0.174. The lowest BCUT2D eigenvalue weighted by Crippen LogP contribution is -2.21. The van der Waals surface area contributed by atoms with Crippen LogP contribution in [0.2, 0.25) is 0 Å². The van der Waals surface area contributed by atoms with Crippen LogP contribution in [0.1, 0.15) is 23.1 Å². The third-order valence-electron chi connectivity index (χ3n) is 4.52. The molecule has 3 aromatic heterocycles. The number of nitrogen functional groups attached to an aromatic ring is 1. The van der Waals surface area contributed by atoms with Crippen molar-refractivity contribution in [2.45, 2.75) is 25.6 Å². The Kier molecular flexibility index (Phi) is 7.33. The summed E-state index contributed by atoms with van der Waals surface area (Å²) in [5, 5.41) is 20.9. The van der Waals surface area contributed by atoms with Crippen molar-refractivity contribution in [1.82, 2.24) is 19.9 Å². The maximum absolute atomic E-state index is 10.6. The van der Waals surface area contributed by atoms with Crippen molar-refractivity contribution in [1.29, 1.82) is 0 Å². The first kappa shape index (κ1) is 25.5. The molecular weight excluding hydrogens is 483 g/mol. The molecule has 0 amide bonds. The second-order valence-corrected chi connectivity index (χ2v) is 8.22. The molecule has 0 aliphatic carbocycles. The monoisotopic (exact) mass is 501 g/mol. The number of aromatic nitrogens is 4. The molecule has 12 heteroatoms. The topological polar surface area (TPSA) is 135 Å². The lowest BCUT2D eigenvalue weighted by molar-refractivity contribution is -0.192. The molecule has 3 heterocycles. The van der Waals surface area contributed by atoms with Gasteiger partial charge in [0.25, 0.3) is 0 Å². The van der Waals surface area contributed by atoms with Crippen LogP contribution in [-0.4, -0.2) is 42.3 Å². The predicted octanol–water partition coefficient (Wildman–Crippen LogP) is 3.93. The number of rotatable bonds is 2. The van der Waals surface area contributed by atoms with Gasteiger partial charge in [-0.3, -0.25) is 0 Å². The maximum Gasteiger partial charge on any atom is 0.490 e. The number of aliphatic hydroxyl groups is 1. The minimum atomic E-state index is -5.08. The van der Waals surface area contributed by atoms with E-state index in [-0.39, 0.29) is 0 Å². The number of anilines is 1. The average molecular weight is 501 g/mol. The summed E-state index contributed by atoms with van der Waals surface area (Å²) in [7, 11) is 0. The van der Waals surface area contributed by atoms with E-state index in [1.54, 1.807) is 25.5 Å². The molecule has 8 nitrogen and oxygen atoms in total. The third kappa shape index (κ3) is 6.28. The number of hydrogen-bond acceptors (Lipinski definition) is 8. The summed E-state index contributed by atoms with van der Waals surface area (Å²) in [5.74, 6) is 4.06. The average Bonchev–Trinajstić information content (AvgIpc) is 3.36. The van der Waals surface area contributed by atoms with Crippen LogP contribution in [0.15, 0.2) is 48.2 Å². The van der Waals surface area contributed by atoms with E-state index in [9.17, 15) is 18.3 Å². The number of carboxylic acids is 1. The van der Waals surface area contributed by atoms with Crippen molar-refractivity contribution in [3.05, 3.63) is 64.4 Å². The van der Waals surface area contributed by atoms with Gasteiger partial charge in [0.15, 0.2) is 11.4 Å². The van der Waals surface area contributed by atoms with E-state index in [1.807, 2.05) is 36.6 Å². The number of thiazole rings is 1. The predicted molar refractivity (Wildman–Crippen MR) is 124 cm³/mol. The molecule has 4 N–H and O–H groups in total. The van der Waals surface area contributed by atoms with Gasteiger partial charge in [-0.15, -0.1) is 11.3 Å². The molecule has 0 radical (unpaired) electrons. The molecule has 1 aromatic carbocycles. The standard InChI is InChI=1S/C21H17N5OS.C2HF3O2/c1-13-11-24-18(22)17-16(13)12-25-19(26-17)15-5-3-4-14(10-15)6-7-21(2,27)20-23-8-9-28-20;3-2(4,5)1(6)7/h3-5,8-12,27H,1-2H3,(H2,22,24);(H,6,7)/t21-;/m1./s1. The number of alkyl halides is 3. The Labute approximate surface area is 201 Å². The highest BCUT2D eigenvalue weighted by atomic mass is 32.1. The molecule has 0 saturated heterocycles. The van der Waals surface area contributed by atoms with Crippen LogP contribution in [0.3, 0.4) is 0 Å². The zero-order chi connectivity index (χ0) is 25.8. The summed E-state index contributed by atoms with van der Waals surface area (Å²) in [5.41, 5.74) is 7.84. The van der Waals surface area contributed by atoms with Gasteiger partial charge in [0.05, 0.1) is 0 Å². The summed E-state index contributed by atoms with van der Waals surface area (Å²) in [4.78, 5) is 26.3. The number of aliphatic carboxylic acids is 1. The van der Waals surface area contributed by atoms with Crippen LogP contribution in [0.5, 0.6) is 0 Å². The Balaban J connectivity index is 0.000000429. The molecule has 35 heavy (non-hydrogen) atoms. The van der Waals surface area contributed by atoms with E-state index >= 15 is 0 Å². The van der Waals surface area contributed by atoms with Crippen LogP contribution >= 0.6 is 11.3 Å². The first-order valence-corrected chi connectivity index (χ1v) is 10.7. The molecular formula is C23H18F3N5O3S. The number of halogens is 3. The van der Waals surface area contributed by atoms with Crippen LogP contribution in [0.4, 0.5) is 19.0 Å². The highest BCUT2D eigenvalue weighted by Gasteiger charge is 2.38. The van der Waals surface area contributed by atoms with E-state index in [0.29, 0.717) is 22.2 Å².